The van der Waals surface area contributed by atoms with Gasteiger partial charge in [0.15, 0.2) is 0 Å². The summed E-state index contributed by atoms with van der Waals surface area (Å²) in [6, 6.07) is 3.68. The predicted molar refractivity (Wildman–Crippen MR) is 55.9 cm³/mol. The van der Waals surface area contributed by atoms with Crippen LogP contribution in [0.5, 0.6) is 0 Å². The highest BCUT2D eigenvalue weighted by atomic mass is 16.4. The molecule has 0 saturated carbocycles. The maximum atomic E-state index is 9.95. The standard InChI is InChI=1S/C11H19NO2/c1-3-4-9(7-12)11(13)10-6-5-8(2)14-10/h5-6,9,11,13H,3-4,7,12H2,1-2H3. The summed E-state index contributed by atoms with van der Waals surface area (Å²) in [5, 5.41) is 9.95. The third-order valence-electron chi connectivity index (χ3n) is 2.46. The molecule has 0 spiro atoms. The highest BCUT2D eigenvalue weighted by molar-refractivity contribution is 5.08. The number of nitrogens with two attached hydrogens (primary N) is 1. The molecule has 80 valence electrons. The van der Waals surface area contributed by atoms with Crippen molar-refractivity contribution in [1.29, 1.82) is 0 Å². The van der Waals surface area contributed by atoms with Gasteiger partial charge in [0.25, 0.3) is 0 Å². The van der Waals surface area contributed by atoms with Crippen molar-refractivity contribution in [2.24, 2.45) is 11.7 Å². The molecule has 0 aliphatic carbocycles. The van der Waals surface area contributed by atoms with Crippen molar-refractivity contribution in [3.8, 4) is 0 Å². The fourth-order valence-corrected chi connectivity index (χ4v) is 1.62. The van der Waals surface area contributed by atoms with Crippen molar-refractivity contribution < 1.29 is 9.52 Å². The Kier molecular flexibility index (Phi) is 4.17. The lowest BCUT2D eigenvalue weighted by molar-refractivity contribution is 0.0837. The topological polar surface area (TPSA) is 59.4 Å². The van der Waals surface area contributed by atoms with E-state index in [-0.39, 0.29) is 5.92 Å². The van der Waals surface area contributed by atoms with Crippen LogP contribution in [0.4, 0.5) is 0 Å². The Labute approximate surface area is 84.9 Å². The van der Waals surface area contributed by atoms with E-state index in [4.69, 9.17) is 10.2 Å². The van der Waals surface area contributed by atoms with Crippen LogP contribution < -0.4 is 5.73 Å². The molecule has 0 amide bonds. The van der Waals surface area contributed by atoms with Gasteiger partial charge in [-0.3, -0.25) is 0 Å². The predicted octanol–water partition coefficient (Wildman–Crippen LogP) is 2.00. The van der Waals surface area contributed by atoms with Crippen molar-refractivity contribution in [1.82, 2.24) is 0 Å². The number of rotatable bonds is 5. The molecule has 3 N–H and O–H groups in total. The van der Waals surface area contributed by atoms with Crippen LogP contribution >= 0.6 is 0 Å². The molecule has 1 aromatic heterocycles. The van der Waals surface area contributed by atoms with Crippen LogP contribution in [0.1, 0.15) is 37.4 Å². The minimum Gasteiger partial charge on any atom is -0.464 e. The van der Waals surface area contributed by atoms with E-state index in [0.29, 0.717) is 12.3 Å². The van der Waals surface area contributed by atoms with Gasteiger partial charge < -0.3 is 15.3 Å². The minimum absolute atomic E-state index is 0.102. The molecule has 0 fully saturated rings. The molecule has 0 aliphatic rings. The van der Waals surface area contributed by atoms with Gasteiger partial charge in [0, 0.05) is 5.92 Å². The van der Waals surface area contributed by atoms with E-state index < -0.39 is 6.10 Å². The minimum atomic E-state index is -0.561. The molecule has 2 unspecified atom stereocenters. The number of hydrogen-bond acceptors (Lipinski definition) is 3. The van der Waals surface area contributed by atoms with Gasteiger partial charge in [-0.1, -0.05) is 13.3 Å². The Bertz CT molecular complexity index is 270. The van der Waals surface area contributed by atoms with Gasteiger partial charge in [-0.2, -0.15) is 0 Å². The van der Waals surface area contributed by atoms with E-state index in [1.807, 2.05) is 19.1 Å². The van der Waals surface area contributed by atoms with Gasteiger partial charge in [-0.15, -0.1) is 0 Å². The van der Waals surface area contributed by atoms with Crippen LogP contribution in [0.15, 0.2) is 16.5 Å². The summed E-state index contributed by atoms with van der Waals surface area (Å²) in [4.78, 5) is 0. The van der Waals surface area contributed by atoms with E-state index in [1.54, 1.807) is 0 Å². The van der Waals surface area contributed by atoms with Gasteiger partial charge in [-0.25, -0.2) is 0 Å². The SMILES string of the molecule is CCCC(CN)C(O)c1ccc(C)o1. The third-order valence-corrected chi connectivity index (χ3v) is 2.46. The molecule has 14 heavy (non-hydrogen) atoms. The van der Waals surface area contributed by atoms with Crippen molar-refractivity contribution >= 4 is 0 Å². The number of furan rings is 1. The van der Waals surface area contributed by atoms with E-state index in [0.717, 1.165) is 18.6 Å². The summed E-state index contributed by atoms with van der Waals surface area (Å²) in [5.41, 5.74) is 5.60. The summed E-state index contributed by atoms with van der Waals surface area (Å²) in [7, 11) is 0. The maximum absolute atomic E-state index is 9.95. The molecule has 2 atom stereocenters. The first kappa shape index (κ1) is 11.3. The largest absolute Gasteiger partial charge is 0.464 e. The Hall–Kier alpha value is -0.800. The molecule has 0 saturated heterocycles. The highest BCUT2D eigenvalue weighted by Crippen LogP contribution is 2.26. The zero-order valence-corrected chi connectivity index (χ0v) is 8.86. The van der Waals surface area contributed by atoms with Crippen LogP contribution in [0.2, 0.25) is 0 Å². The molecule has 0 aliphatic heterocycles. The van der Waals surface area contributed by atoms with Crippen LogP contribution in [-0.4, -0.2) is 11.7 Å². The van der Waals surface area contributed by atoms with E-state index >= 15 is 0 Å². The first-order chi connectivity index (χ1) is 6.69. The van der Waals surface area contributed by atoms with E-state index in [9.17, 15) is 5.11 Å². The van der Waals surface area contributed by atoms with Crippen molar-refractivity contribution in [2.75, 3.05) is 6.54 Å². The number of aliphatic hydroxyl groups excluding tert-OH is 1. The van der Waals surface area contributed by atoms with Crippen LogP contribution in [0.25, 0.3) is 0 Å². The fourth-order valence-electron chi connectivity index (χ4n) is 1.62. The second kappa shape index (κ2) is 5.17. The van der Waals surface area contributed by atoms with Crippen molar-refractivity contribution in [2.45, 2.75) is 32.8 Å². The lowest BCUT2D eigenvalue weighted by Crippen LogP contribution is -2.21. The summed E-state index contributed by atoms with van der Waals surface area (Å²) < 4.78 is 5.37. The van der Waals surface area contributed by atoms with Crippen molar-refractivity contribution in [3.63, 3.8) is 0 Å². The Morgan fingerprint density at radius 3 is 2.64 bits per heavy atom. The van der Waals surface area contributed by atoms with Gasteiger partial charge in [-0.05, 0) is 32.0 Å². The number of hydrogen-bond donors (Lipinski definition) is 2. The summed E-state index contributed by atoms with van der Waals surface area (Å²) in [5.74, 6) is 1.56. The average molecular weight is 197 g/mol. The molecule has 1 aromatic rings. The first-order valence-corrected chi connectivity index (χ1v) is 5.13. The Balaban J connectivity index is 2.66. The van der Waals surface area contributed by atoms with Crippen LogP contribution in [0.3, 0.4) is 0 Å². The fraction of sp³-hybridized carbons (Fsp3) is 0.636. The van der Waals surface area contributed by atoms with Crippen molar-refractivity contribution in [3.05, 3.63) is 23.7 Å². The van der Waals surface area contributed by atoms with Gasteiger partial charge in [0.2, 0.25) is 0 Å². The summed E-state index contributed by atoms with van der Waals surface area (Å²) in [6.07, 6.45) is 1.39. The summed E-state index contributed by atoms with van der Waals surface area (Å²) in [6.45, 7) is 4.45. The molecule has 0 bridgehead atoms. The van der Waals surface area contributed by atoms with E-state index in [2.05, 4.69) is 6.92 Å². The Morgan fingerprint density at radius 2 is 2.21 bits per heavy atom. The quantitative estimate of drug-likeness (QED) is 0.759. The van der Waals surface area contributed by atoms with Gasteiger partial charge >= 0.3 is 0 Å². The van der Waals surface area contributed by atoms with Crippen LogP contribution in [0, 0.1) is 12.8 Å². The zero-order valence-electron chi connectivity index (χ0n) is 8.86. The molecular formula is C11H19NO2. The van der Waals surface area contributed by atoms with Crippen LogP contribution in [-0.2, 0) is 0 Å². The zero-order chi connectivity index (χ0) is 10.6. The molecular weight excluding hydrogens is 178 g/mol. The molecule has 0 radical (unpaired) electrons. The maximum Gasteiger partial charge on any atom is 0.132 e. The second-order valence-electron chi connectivity index (χ2n) is 3.68. The van der Waals surface area contributed by atoms with E-state index in [1.165, 1.54) is 0 Å². The second-order valence-corrected chi connectivity index (χ2v) is 3.68. The molecule has 1 heterocycles. The van der Waals surface area contributed by atoms with Gasteiger partial charge in [0.1, 0.15) is 17.6 Å². The summed E-state index contributed by atoms with van der Waals surface area (Å²) >= 11 is 0. The monoisotopic (exact) mass is 197 g/mol. The third kappa shape index (κ3) is 2.59. The molecule has 3 heteroatoms. The number of aliphatic hydroxyl groups is 1. The Morgan fingerprint density at radius 1 is 1.50 bits per heavy atom. The molecule has 3 nitrogen and oxygen atoms in total. The normalized spacial score (nSPS) is 15.4. The lowest BCUT2D eigenvalue weighted by Gasteiger charge is -2.18. The number of aryl methyl sites for hydroxylation is 1. The first-order valence-electron chi connectivity index (χ1n) is 5.13. The average Bonchev–Trinajstić information content (AvgIpc) is 2.60. The smallest absolute Gasteiger partial charge is 0.132 e. The van der Waals surface area contributed by atoms with Gasteiger partial charge in [0.05, 0.1) is 0 Å². The lowest BCUT2D eigenvalue weighted by atomic mass is 9.96. The molecule has 1 rings (SSSR count). The highest BCUT2D eigenvalue weighted by Gasteiger charge is 2.21. The molecule has 0 aromatic carbocycles.